The van der Waals surface area contributed by atoms with Gasteiger partial charge in [-0.15, -0.1) is 0 Å². The first-order valence-corrected chi connectivity index (χ1v) is 7.22. The average molecular weight is 384 g/mol. The molecule has 0 bridgehead atoms. The minimum Gasteiger partial charge on any atom is -0.369 e. The Morgan fingerprint density at radius 1 is 1.21 bits per heavy atom. The Kier molecular flexibility index (Phi) is 3.14. The van der Waals surface area contributed by atoms with E-state index in [9.17, 15) is 0 Å². The highest BCUT2D eigenvalue weighted by Gasteiger charge is 2.12. The largest absolute Gasteiger partial charge is 0.369 e. The number of anilines is 1. The molecular weight excluding hydrogens is 373 g/mol. The Bertz CT molecular complexity index is 780. The lowest BCUT2D eigenvalue weighted by Gasteiger charge is -2.09. The summed E-state index contributed by atoms with van der Waals surface area (Å²) in [5.41, 5.74) is 9.88. The number of imidazole rings is 1. The molecule has 1 heterocycles. The molecule has 1 aromatic heterocycles. The van der Waals surface area contributed by atoms with Gasteiger partial charge in [0.1, 0.15) is 0 Å². The molecule has 3 nitrogen and oxygen atoms in total. The fourth-order valence-electron chi connectivity index (χ4n) is 2.12. The van der Waals surface area contributed by atoms with E-state index in [1.54, 1.807) is 0 Å². The zero-order chi connectivity index (χ0) is 13.6. The standard InChI is InChI=1S/C14H11ClIN3/c1-8-2-4-10(15)13(6-8)19-12-5-3-9(16)7-11(12)18-14(19)17/h2-7H,1H3,(H2,17,18). The van der Waals surface area contributed by atoms with E-state index in [2.05, 4.69) is 27.6 Å². The molecule has 0 unspecified atom stereocenters. The smallest absolute Gasteiger partial charge is 0.205 e. The second-order valence-electron chi connectivity index (χ2n) is 4.39. The summed E-state index contributed by atoms with van der Waals surface area (Å²) in [5, 5.41) is 0.662. The molecule has 0 saturated heterocycles. The van der Waals surface area contributed by atoms with Crippen LogP contribution in [-0.2, 0) is 0 Å². The van der Waals surface area contributed by atoms with Gasteiger partial charge in [-0.05, 0) is 65.4 Å². The monoisotopic (exact) mass is 383 g/mol. The molecule has 19 heavy (non-hydrogen) atoms. The molecule has 3 rings (SSSR count). The predicted octanol–water partition coefficient (Wildman–Crippen LogP) is 4.17. The first-order chi connectivity index (χ1) is 9.06. The van der Waals surface area contributed by atoms with E-state index in [4.69, 9.17) is 17.3 Å². The van der Waals surface area contributed by atoms with Gasteiger partial charge in [-0.2, -0.15) is 0 Å². The number of rotatable bonds is 1. The molecule has 5 heteroatoms. The Morgan fingerprint density at radius 3 is 2.79 bits per heavy atom. The molecule has 0 aliphatic carbocycles. The fourth-order valence-corrected chi connectivity index (χ4v) is 2.80. The van der Waals surface area contributed by atoms with E-state index in [-0.39, 0.29) is 0 Å². The number of hydrogen-bond acceptors (Lipinski definition) is 2. The second-order valence-corrected chi connectivity index (χ2v) is 6.05. The lowest BCUT2D eigenvalue weighted by atomic mass is 10.2. The maximum atomic E-state index is 6.29. The maximum Gasteiger partial charge on any atom is 0.205 e. The normalized spacial score (nSPS) is 11.1. The minimum absolute atomic E-state index is 0.449. The van der Waals surface area contributed by atoms with Crippen molar-refractivity contribution < 1.29 is 0 Å². The average Bonchev–Trinajstić information content (AvgIpc) is 2.67. The van der Waals surface area contributed by atoms with E-state index in [0.29, 0.717) is 11.0 Å². The lowest BCUT2D eigenvalue weighted by Crippen LogP contribution is -2.01. The molecule has 2 N–H and O–H groups in total. The van der Waals surface area contributed by atoms with Crippen LogP contribution in [0.4, 0.5) is 5.95 Å². The fraction of sp³-hybridized carbons (Fsp3) is 0.0714. The first kappa shape index (κ1) is 12.7. The van der Waals surface area contributed by atoms with Gasteiger partial charge in [-0.1, -0.05) is 17.7 Å². The van der Waals surface area contributed by atoms with E-state index in [0.717, 1.165) is 25.9 Å². The first-order valence-electron chi connectivity index (χ1n) is 5.76. The predicted molar refractivity (Wildman–Crippen MR) is 87.9 cm³/mol. The summed E-state index contributed by atoms with van der Waals surface area (Å²) in [6.07, 6.45) is 0. The van der Waals surface area contributed by atoms with Crippen LogP contribution in [0, 0.1) is 10.5 Å². The molecule has 0 spiro atoms. The van der Waals surface area contributed by atoms with Gasteiger partial charge in [-0.3, -0.25) is 4.57 Å². The molecule has 3 aromatic rings. The maximum absolute atomic E-state index is 6.29. The lowest BCUT2D eigenvalue weighted by molar-refractivity contribution is 1.10. The number of nitrogens with two attached hydrogens (primary N) is 1. The number of fused-ring (bicyclic) bond motifs is 1. The molecule has 0 fully saturated rings. The van der Waals surface area contributed by atoms with Gasteiger partial charge in [0.2, 0.25) is 5.95 Å². The van der Waals surface area contributed by atoms with Crippen LogP contribution >= 0.6 is 34.2 Å². The Balaban J connectivity index is 2.36. The third-order valence-corrected chi connectivity index (χ3v) is 3.98. The van der Waals surface area contributed by atoms with Crippen LogP contribution in [0.5, 0.6) is 0 Å². The highest BCUT2D eigenvalue weighted by molar-refractivity contribution is 14.1. The van der Waals surface area contributed by atoms with E-state index in [1.807, 2.05) is 47.9 Å². The van der Waals surface area contributed by atoms with Gasteiger partial charge in [-0.25, -0.2) is 4.98 Å². The number of hydrogen-bond donors (Lipinski definition) is 1. The van der Waals surface area contributed by atoms with Crippen LogP contribution in [0.3, 0.4) is 0 Å². The summed E-state index contributed by atoms with van der Waals surface area (Å²) in [4.78, 5) is 4.40. The Hall–Kier alpha value is -1.27. The van der Waals surface area contributed by atoms with Gasteiger partial charge < -0.3 is 5.73 Å². The van der Waals surface area contributed by atoms with Crippen molar-refractivity contribution in [1.29, 1.82) is 0 Å². The molecular formula is C14H11ClIN3. The van der Waals surface area contributed by atoms with Crippen molar-refractivity contribution in [1.82, 2.24) is 9.55 Å². The van der Waals surface area contributed by atoms with Crippen LogP contribution in [0.25, 0.3) is 16.7 Å². The third kappa shape index (κ3) is 2.19. The number of aryl methyl sites for hydroxylation is 1. The number of halogens is 2. The highest BCUT2D eigenvalue weighted by atomic mass is 127. The summed E-state index contributed by atoms with van der Waals surface area (Å²) in [5.74, 6) is 0.449. The van der Waals surface area contributed by atoms with E-state index < -0.39 is 0 Å². The van der Waals surface area contributed by atoms with Crippen LogP contribution in [0.1, 0.15) is 5.56 Å². The van der Waals surface area contributed by atoms with Gasteiger partial charge in [0.05, 0.1) is 21.7 Å². The summed E-state index contributed by atoms with van der Waals surface area (Å²) >= 11 is 8.55. The number of aromatic nitrogens is 2. The van der Waals surface area contributed by atoms with Crippen molar-refractivity contribution in [2.45, 2.75) is 6.92 Å². The van der Waals surface area contributed by atoms with Gasteiger partial charge in [0, 0.05) is 3.57 Å². The van der Waals surface area contributed by atoms with E-state index in [1.165, 1.54) is 0 Å². The van der Waals surface area contributed by atoms with E-state index >= 15 is 0 Å². The molecule has 0 aliphatic rings. The number of benzene rings is 2. The molecule has 0 saturated carbocycles. The van der Waals surface area contributed by atoms with Crippen molar-refractivity contribution in [2.24, 2.45) is 0 Å². The topological polar surface area (TPSA) is 43.8 Å². The number of nitrogens with zero attached hydrogens (tertiary/aromatic N) is 2. The molecule has 0 amide bonds. The zero-order valence-corrected chi connectivity index (χ0v) is 13.1. The molecule has 0 aliphatic heterocycles. The van der Waals surface area contributed by atoms with Gasteiger partial charge in [0.15, 0.2) is 0 Å². The van der Waals surface area contributed by atoms with Crippen molar-refractivity contribution in [3.63, 3.8) is 0 Å². The quantitative estimate of drug-likeness (QED) is 0.641. The highest BCUT2D eigenvalue weighted by Crippen LogP contribution is 2.29. The van der Waals surface area contributed by atoms with Crippen LogP contribution < -0.4 is 5.73 Å². The summed E-state index contributed by atoms with van der Waals surface area (Å²) in [7, 11) is 0. The van der Waals surface area contributed by atoms with Crippen LogP contribution in [0.15, 0.2) is 36.4 Å². The molecule has 0 atom stereocenters. The summed E-state index contributed by atoms with van der Waals surface area (Å²) < 4.78 is 3.02. The SMILES string of the molecule is Cc1ccc(Cl)c(-n2c(N)nc3cc(I)ccc32)c1. The minimum atomic E-state index is 0.449. The van der Waals surface area contributed by atoms with Crippen molar-refractivity contribution >= 4 is 51.2 Å². The number of nitrogen functional groups attached to an aromatic ring is 1. The molecule has 2 aromatic carbocycles. The van der Waals surface area contributed by atoms with Crippen molar-refractivity contribution in [3.05, 3.63) is 50.6 Å². The van der Waals surface area contributed by atoms with Crippen molar-refractivity contribution in [3.8, 4) is 5.69 Å². The Labute approximate surface area is 129 Å². The Morgan fingerprint density at radius 2 is 2.00 bits per heavy atom. The van der Waals surface area contributed by atoms with Gasteiger partial charge in [0.25, 0.3) is 0 Å². The molecule has 0 radical (unpaired) electrons. The zero-order valence-electron chi connectivity index (χ0n) is 10.2. The van der Waals surface area contributed by atoms with Crippen molar-refractivity contribution in [2.75, 3.05) is 5.73 Å². The second kappa shape index (κ2) is 4.68. The third-order valence-electron chi connectivity index (χ3n) is 2.99. The van der Waals surface area contributed by atoms with Gasteiger partial charge >= 0.3 is 0 Å². The summed E-state index contributed by atoms with van der Waals surface area (Å²) in [6.45, 7) is 2.03. The summed E-state index contributed by atoms with van der Waals surface area (Å²) in [6, 6.07) is 11.9. The van der Waals surface area contributed by atoms with Crippen LogP contribution in [-0.4, -0.2) is 9.55 Å². The molecule has 96 valence electrons. The van der Waals surface area contributed by atoms with Crippen LogP contribution in [0.2, 0.25) is 5.02 Å².